The van der Waals surface area contributed by atoms with Gasteiger partial charge in [0.2, 0.25) is 0 Å². The molecule has 0 amide bonds. The van der Waals surface area contributed by atoms with Crippen LogP contribution in [0.3, 0.4) is 0 Å². The number of rotatable bonds is 6. The number of carboxylic acids is 1. The number of aryl methyl sites for hydroxylation is 1. The van der Waals surface area contributed by atoms with E-state index in [1.54, 1.807) is 17.8 Å². The van der Waals surface area contributed by atoms with E-state index in [0.29, 0.717) is 19.5 Å². The van der Waals surface area contributed by atoms with Crippen LogP contribution in [0, 0.1) is 0 Å². The highest BCUT2D eigenvalue weighted by Gasteiger charge is 2.31. The van der Waals surface area contributed by atoms with Gasteiger partial charge < -0.3 is 10.4 Å². The highest BCUT2D eigenvalue weighted by molar-refractivity contribution is 9.10. The van der Waals surface area contributed by atoms with Crippen molar-refractivity contribution in [1.29, 1.82) is 0 Å². The Kier molecular flexibility index (Phi) is 4.49. The van der Waals surface area contributed by atoms with Crippen molar-refractivity contribution < 1.29 is 9.90 Å². The summed E-state index contributed by atoms with van der Waals surface area (Å²) >= 11 is 3.30. The van der Waals surface area contributed by atoms with Crippen LogP contribution >= 0.6 is 15.9 Å². The molecule has 1 aromatic heterocycles. The monoisotopic (exact) mass is 289 g/mol. The van der Waals surface area contributed by atoms with Gasteiger partial charge in [0.25, 0.3) is 0 Å². The summed E-state index contributed by atoms with van der Waals surface area (Å²) in [5.74, 6) is -0.833. The summed E-state index contributed by atoms with van der Waals surface area (Å²) in [5.41, 5.74) is -0.896. The Morgan fingerprint density at radius 1 is 1.75 bits per heavy atom. The molecule has 6 heteroatoms. The molecule has 1 rings (SSSR count). The molecule has 0 bridgehead atoms. The molecular weight excluding hydrogens is 274 g/mol. The lowest BCUT2D eigenvalue weighted by atomic mass is 9.98. The number of aliphatic carboxylic acids is 1. The van der Waals surface area contributed by atoms with E-state index in [1.165, 1.54) is 0 Å². The Hall–Kier alpha value is -0.880. The van der Waals surface area contributed by atoms with Crippen molar-refractivity contribution in [3.8, 4) is 0 Å². The number of carboxylic acid groups (broad SMARTS) is 1. The summed E-state index contributed by atoms with van der Waals surface area (Å²) in [5, 5.41) is 16.2. The summed E-state index contributed by atoms with van der Waals surface area (Å²) in [4.78, 5) is 11.1. The number of carbonyl (C=O) groups is 1. The molecule has 0 aromatic carbocycles. The molecule has 16 heavy (non-hydrogen) atoms. The van der Waals surface area contributed by atoms with Crippen LogP contribution in [0.15, 0.2) is 16.9 Å². The molecule has 0 radical (unpaired) electrons. The van der Waals surface area contributed by atoms with E-state index in [0.717, 1.165) is 4.47 Å². The van der Waals surface area contributed by atoms with Gasteiger partial charge in [0, 0.05) is 12.7 Å². The zero-order valence-corrected chi connectivity index (χ0v) is 11.0. The third-order valence-corrected chi connectivity index (χ3v) is 2.89. The first-order chi connectivity index (χ1) is 7.48. The molecule has 0 aliphatic rings. The van der Waals surface area contributed by atoms with Crippen molar-refractivity contribution in [3.05, 3.63) is 16.9 Å². The van der Waals surface area contributed by atoms with Crippen molar-refractivity contribution in [1.82, 2.24) is 15.1 Å². The van der Waals surface area contributed by atoms with Crippen LogP contribution in [-0.2, 0) is 11.3 Å². The van der Waals surface area contributed by atoms with Crippen molar-refractivity contribution in [2.75, 3.05) is 6.54 Å². The van der Waals surface area contributed by atoms with Crippen LogP contribution in [0.2, 0.25) is 0 Å². The normalized spacial score (nSPS) is 14.7. The largest absolute Gasteiger partial charge is 0.480 e. The number of likely N-dealkylation sites (N-methyl/N-ethyl adjacent to an activating group) is 1. The van der Waals surface area contributed by atoms with Gasteiger partial charge in [-0.2, -0.15) is 5.10 Å². The molecule has 90 valence electrons. The Morgan fingerprint density at radius 3 is 2.88 bits per heavy atom. The molecule has 1 heterocycles. The lowest BCUT2D eigenvalue weighted by molar-refractivity contribution is -0.144. The van der Waals surface area contributed by atoms with E-state index in [2.05, 4.69) is 26.3 Å². The standard InChI is InChI=1S/C10H16BrN3O2/c1-3-12-10(2,9(15)16)4-5-14-7-8(11)6-13-14/h6-7,12H,3-5H2,1-2H3,(H,15,16). The Balaban J connectivity index is 2.60. The average Bonchev–Trinajstić information content (AvgIpc) is 2.61. The van der Waals surface area contributed by atoms with Gasteiger partial charge >= 0.3 is 5.97 Å². The van der Waals surface area contributed by atoms with Crippen LogP contribution in [0.4, 0.5) is 0 Å². The molecule has 0 saturated carbocycles. The van der Waals surface area contributed by atoms with Crippen molar-refractivity contribution >= 4 is 21.9 Å². The van der Waals surface area contributed by atoms with Gasteiger partial charge in [-0.3, -0.25) is 9.48 Å². The first kappa shape index (κ1) is 13.2. The molecule has 5 nitrogen and oxygen atoms in total. The van der Waals surface area contributed by atoms with Gasteiger partial charge in [-0.05, 0) is 35.8 Å². The van der Waals surface area contributed by atoms with Crippen molar-refractivity contribution in [2.45, 2.75) is 32.4 Å². The molecule has 1 aromatic rings. The van der Waals surface area contributed by atoms with Crippen LogP contribution in [0.1, 0.15) is 20.3 Å². The number of halogens is 1. The average molecular weight is 290 g/mol. The molecule has 1 unspecified atom stereocenters. The number of nitrogens with zero attached hydrogens (tertiary/aromatic N) is 2. The molecule has 0 aliphatic heterocycles. The first-order valence-corrected chi connectivity index (χ1v) is 5.93. The molecule has 0 fully saturated rings. The predicted octanol–water partition coefficient (Wildman–Crippen LogP) is 1.49. The molecule has 0 aliphatic carbocycles. The fourth-order valence-corrected chi connectivity index (χ4v) is 1.79. The summed E-state index contributed by atoms with van der Waals surface area (Å²) in [6.07, 6.45) is 4.00. The van der Waals surface area contributed by atoms with Crippen LogP contribution in [0.25, 0.3) is 0 Å². The number of aromatic nitrogens is 2. The quantitative estimate of drug-likeness (QED) is 0.833. The van der Waals surface area contributed by atoms with E-state index in [-0.39, 0.29) is 0 Å². The second-order valence-corrected chi connectivity index (χ2v) is 4.75. The third kappa shape index (κ3) is 3.31. The maximum atomic E-state index is 11.1. The topological polar surface area (TPSA) is 67.2 Å². The summed E-state index contributed by atoms with van der Waals surface area (Å²) in [7, 11) is 0. The second-order valence-electron chi connectivity index (χ2n) is 3.84. The van der Waals surface area contributed by atoms with E-state index in [1.807, 2.05) is 13.1 Å². The van der Waals surface area contributed by atoms with Gasteiger partial charge in [-0.1, -0.05) is 6.92 Å². The van der Waals surface area contributed by atoms with Crippen molar-refractivity contribution in [2.24, 2.45) is 0 Å². The SMILES string of the molecule is CCNC(C)(CCn1cc(Br)cn1)C(=O)O. The highest BCUT2D eigenvalue weighted by Crippen LogP contribution is 2.13. The maximum Gasteiger partial charge on any atom is 0.323 e. The fraction of sp³-hybridized carbons (Fsp3) is 0.600. The lowest BCUT2D eigenvalue weighted by Gasteiger charge is -2.25. The van der Waals surface area contributed by atoms with Crippen molar-refractivity contribution in [3.63, 3.8) is 0 Å². The number of hydrogen-bond acceptors (Lipinski definition) is 3. The second kappa shape index (κ2) is 5.45. The lowest BCUT2D eigenvalue weighted by Crippen LogP contribution is -2.50. The zero-order chi connectivity index (χ0) is 12.2. The summed E-state index contributed by atoms with van der Waals surface area (Å²) in [6.45, 7) is 4.79. The zero-order valence-electron chi connectivity index (χ0n) is 9.40. The number of hydrogen-bond donors (Lipinski definition) is 2. The van der Waals surface area contributed by atoms with Gasteiger partial charge in [0.1, 0.15) is 5.54 Å². The van der Waals surface area contributed by atoms with E-state index >= 15 is 0 Å². The van der Waals surface area contributed by atoms with Crippen LogP contribution < -0.4 is 5.32 Å². The first-order valence-electron chi connectivity index (χ1n) is 5.14. The number of nitrogens with one attached hydrogen (secondary N) is 1. The predicted molar refractivity (Wildman–Crippen MR) is 64.3 cm³/mol. The molecule has 2 N–H and O–H groups in total. The van der Waals surface area contributed by atoms with E-state index < -0.39 is 11.5 Å². The minimum Gasteiger partial charge on any atom is -0.480 e. The smallest absolute Gasteiger partial charge is 0.323 e. The van der Waals surface area contributed by atoms with E-state index in [9.17, 15) is 4.79 Å². The molecule has 1 atom stereocenters. The minimum atomic E-state index is -0.896. The van der Waals surface area contributed by atoms with Gasteiger partial charge in [0.15, 0.2) is 0 Å². The summed E-state index contributed by atoms with van der Waals surface area (Å²) < 4.78 is 2.62. The van der Waals surface area contributed by atoms with E-state index in [4.69, 9.17) is 5.11 Å². The molecule has 0 saturated heterocycles. The van der Waals surface area contributed by atoms with Gasteiger partial charge in [0.05, 0.1) is 10.7 Å². The Morgan fingerprint density at radius 2 is 2.44 bits per heavy atom. The Bertz CT molecular complexity index is 367. The van der Waals surface area contributed by atoms with Gasteiger partial charge in [-0.25, -0.2) is 0 Å². The summed E-state index contributed by atoms with van der Waals surface area (Å²) in [6, 6.07) is 0. The fourth-order valence-electron chi connectivity index (χ4n) is 1.46. The molecule has 0 spiro atoms. The van der Waals surface area contributed by atoms with Crippen LogP contribution in [0.5, 0.6) is 0 Å². The Labute approximate surface area is 103 Å². The maximum absolute atomic E-state index is 11.1. The minimum absolute atomic E-state index is 0.490. The highest BCUT2D eigenvalue weighted by atomic mass is 79.9. The molecular formula is C10H16BrN3O2. The van der Waals surface area contributed by atoms with Gasteiger partial charge in [-0.15, -0.1) is 0 Å². The van der Waals surface area contributed by atoms with Crippen LogP contribution in [-0.4, -0.2) is 32.9 Å². The third-order valence-electron chi connectivity index (χ3n) is 2.48.